The van der Waals surface area contributed by atoms with Crippen molar-refractivity contribution < 1.29 is 14.3 Å². The van der Waals surface area contributed by atoms with E-state index in [0.717, 1.165) is 32.6 Å². The van der Waals surface area contributed by atoms with Crippen LogP contribution in [0.5, 0.6) is 0 Å². The lowest BCUT2D eigenvalue weighted by Gasteiger charge is -2.37. The molecule has 130 valence electrons. The fraction of sp³-hybridized carbons (Fsp3) is 0.941. The normalized spacial score (nSPS) is 21.0. The minimum absolute atomic E-state index is 0.204. The third-order valence-electron chi connectivity index (χ3n) is 3.83. The van der Waals surface area contributed by atoms with E-state index in [9.17, 15) is 4.79 Å². The molecule has 0 bridgehead atoms. The highest BCUT2D eigenvalue weighted by Gasteiger charge is 2.29. The minimum atomic E-state index is -0.438. The van der Waals surface area contributed by atoms with Crippen LogP contribution in [0.2, 0.25) is 0 Å². The highest BCUT2D eigenvalue weighted by Crippen LogP contribution is 2.16. The molecule has 1 heterocycles. The second-order valence-corrected chi connectivity index (χ2v) is 7.44. The fourth-order valence-corrected chi connectivity index (χ4v) is 2.59. The first-order valence-corrected chi connectivity index (χ1v) is 8.54. The third kappa shape index (κ3) is 6.97. The van der Waals surface area contributed by atoms with Gasteiger partial charge in [0.15, 0.2) is 0 Å². The van der Waals surface area contributed by atoms with Crippen molar-refractivity contribution in [3.05, 3.63) is 0 Å². The number of rotatable bonds is 6. The summed E-state index contributed by atoms with van der Waals surface area (Å²) in [6, 6.07) is 0.637. The van der Waals surface area contributed by atoms with Crippen molar-refractivity contribution in [2.24, 2.45) is 5.92 Å². The molecule has 0 aliphatic carbocycles. The smallest absolute Gasteiger partial charge is 0.410 e. The van der Waals surface area contributed by atoms with Gasteiger partial charge in [0.05, 0.1) is 6.61 Å². The Morgan fingerprint density at radius 1 is 1.36 bits per heavy atom. The molecule has 1 rings (SSSR count). The summed E-state index contributed by atoms with van der Waals surface area (Å²) in [6.07, 6.45) is 1.90. The Labute approximate surface area is 135 Å². The van der Waals surface area contributed by atoms with Gasteiger partial charge in [0.25, 0.3) is 0 Å². The summed E-state index contributed by atoms with van der Waals surface area (Å²) in [5.74, 6) is 0.503. The van der Waals surface area contributed by atoms with Crippen molar-refractivity contribution in [1.82, 2.24) is 10.2 Å². The van der Waals surface area contributed by atoms with Crippen LogP contribution < -0.4 is 5.32 Å². The number of nitrogens with one attached hydrogen (secondary N) is 1. The van der Waals surface area contributed by atoms with Gasteiger partial charge in [0.1, 0.15) is 5.60 Å². The zero-order valence-corrected chi connectivity index (χ0v) is 15.1. The first kappa shape index (κ1) is 19.2. The van der Waals surface area contributed by atoms with Gasteiger partial charge in [0, 0.05) is 31.8 Å². The summed E-state index contributed by atoms with van der Waals surface area (Å²) in [4.78, 5) is 14.0. The molecule has 1 amide bonds. The molecule has 0 saturated carbocycles. The number of likely N-dealkylation sites (tertiary alicyclic amines) is 1. The zero-order chi connectivity index (χ0) is 16.8. The molecule has 2 atom stereocenters. The van der Waals surface area contributed by atoms with Gasteiger partial charge in [-0.15, -0.1) is 0 Å². The first-order valence-electron chi connectivity index (χ1n) is 8.54. The number of carbonyl (C=O) groups excluding carboxylic acids is 1. The minimum Gasteiger partial charge on any atom is -0.444 e. The maximum atomic E-state index is 12.2. The van der Waals surface area contributed by atoms with E-state index in [2.05, 4.69) is 19.2 Å². The van der Waals surface area contributed by atoms with Gasteiger partial charge in [0.2, 0.25) is 0 Å². The van der Waals surface area contributed by atoms with Crippen LogP contribution in [-0.2, 0) is 9.47 Å². The Kier molecular flexibility index (Phi) is 7.63. The number of hydrogen-bond donors (Lipinski definition) is 1. The summed E-state index contributed by atoms with van der Waals surface area (Å²) < 4.78 is 11.0. The number of piperidine rings is 1. The van der Waals surface area contributed by atoms with Crippen molar-refractivity contribution in [2.45, 2.75) is 72.1 Å². The van der Waals surface area contributed by atoms with Crippen LogP contribution in [0.15, 0.2) is 0 Å². The molecule has 0 aromatic carbocycles. The summed E-state index contributed by atoms with van der Waals surface area (Å²) in [7, 11) is 0. The third-order valence-corrected chi connectivity index (χ3v) is 3.83. The molecule has 5 heteroatoms. The van der Waals surface area contributed by atoms with Gasteiger partial charge in [-0.3, -0.25) is 0 Å². The van der Waals surface area contributed by atoms with Crippen molar-refractivity contribution >= 4 is 6.09 Å². The van der Waals surface area contributed by atoms with Gasteiger partial charge in [-0.05, 0) is 46.5 Å². The lowest BCUT2D eigenvalue weighted by molar-refractivity contribution is 0.0170. The molecule has 1 fully saturated rings. The predicted octanol–water partition coefficient (Wildman–Crippen LogP) is 3.04. The number of ether oxygens (including phenoxy) is 2. The van der Waals surface area contributed by atoms with E-state index in [1.807, 2.05) is 32.6 Å². The Hall–Kier alpha value is -0.810. The number of nitrogens with zero attached hydrogens (tertiary/aromatic N) is 1. The Balaban J connectivity index is 2.52. The molecular weight excluding hydrogens is 280 g/mol. The SMILES string of the molecule is CCOCC(NC1CCCN(C(=O)OC(C)(C)C)C1)C(C)C. The molecule has 1 aliphatic rings. The second-order valence-electron chi connectivity index (χ2n) is 7.44. The number of amides is 1. The van der Waals surface area contributed by atoms with E-state index in [1.54, 1.807) is 0 Å². The Bertz CT molecular complexity index is 339. The highest BCUT2D eigenvalue weighted by molar-refractivity contribution is 5.68. The molecule has 0 radical (unpaired) electrons. The van der Waals surface area contributed by atoms with Gasteiger partial charge in [-0.1, -0.05) is 13.8 Å². The van der Waals surface area contributed by atoms with E-state index in [0.29, 0.717) is 24.5 Å². The average Bonchev–Trinajstić information content (AvgIpc) is 2.41. The average molecular weight is 314 g/mol. The van der Waals surface area contributed by atoms with Crippen LogP contribution in [0, 0.1) is 5.92 Å². The maximum Gasteiger partial charge on any atom is 0.410 e. The summed E-state index contributed by atoms with van der Waals surface area (Å²) in [5, 5.41) is 3.66. The van der Waals surface area contributed by atoms with Gasteiger partial charge in [-0.2, -0.15) is 0 Å². The Morgan fingerprint density at radius 2 is 2.05 bits per heavy atom. The van der Waals surface area contributed by atoms with Crippen LogP contribution in [0.4, 0.5) is 4.79 Å². The Morgan fingerprint density at radius 3 is 2.59 bits per heavy atom. The molecule has 22 heavy (non-hydrogen) atoms. The van der Waals surface area contributed by atoms with Gasteiger partial charge in [-0.25, -0.2) is 4.79 Å². The molecule has 1 saturated heterocycles. The van der Waals surface area contributed by atoms with E-state index in [1.165, 1.54) is 0 Å². The standard InChI is InChI=1S/C17H34N2O3/c1-7-21-12-15(13(2)3)18-14-9-8-10-19(11-14)16(20)22-17(4,5)6/h13-15,18H,7-12H2,1-6H3. The van der Waals surface area contributed by atoms with E-state index in [4.69, 9.17) is 9.47 Å². The summed E-state index contributed by atoms with van der Waals surface area (Å²) in [6.45, 7) is 15.1. The number of carbonyl (C=O) groups is 1. The molecule has 0 spiro atoms. The molecule has 1 N–H and O–H groups in total. The van der Waals surface area contributed by atoms with Crippen LogP contribution in [-0.4, -0.2) is 55.0 Å². The van der Waals surface area contributed by atoms with E-state index < -0.39 is 5.60 Å². The first-order chi connectivity index (χ1) is 10.2. The molecule has 0 aromatic rings. The molecule has 2 unspecified atom stereocenters. The molecule has 0 aromatic heterocycles. The van der Waals surface area contributed by atoms with E-state index >= 15 is 0 Å². The number of hydrogen-bond acceptors (Lipinski definition) is 4. The van der Waals surface area contributed by atoms with Crippen molar-refractivity contribution in [3.63, 3.8) is 0 Å². The maximum absolute atomic E-state index is 12.2. The largest absolute Gasteiger partial charge is 0.444 e. The second kappa shape index (κ2) is 8.73. The molecule has 1 aliphatic heterocycles. The highest BCUT2D eigenvalue weighted by atomic mass is 16.6. The molecular formula is C17H34N2O3. The van der Waals surface area contributed by atoms with Crippen LogP contribution in [0.25, 0.3) is 0 Å². The fourth-order valence-electron chi connectivity index (χ4n) is 2.59. The van der Waals surface area contributed by atoms with E-state index in [-0.39, 0.29) is 6.09 Å². The van der Waals surface area contributed by atoms with Crippen LogP contribution in [0.3, 0.4) is 0 Å². The zero-order valence-electron chi connectivity index (χ0n) is 15.1. The monoisotopic (exact) mass is 314 g/mol. The van der Waals surface area contributed by atoms with Gasteiger partial charge < -0.3 is 19.7 Å². The predicted molar refractivity (Wildman–Crippen MR) is 89.1 cm³/mol. The van der Waals surface area contributed by atoms with Crippen molar-refractivity contribution in [1.29, 1.82) is 0 Å². The summed E-state index contributed by atoms with van der Waals surface area (Å²) in [5.41, 5.74) is -0.438. The lowest BCUT2D eigenvalue weighted by Crippen LogP contribution is -2.53. The molecule has 5 nitrogen and oxygen atoms in total. The quantitative estimate of drug-likeness (QED) is 0.819. The van der Waals surface area contributed by atoms with Crippen molar-refractivity contribution in [3.8, 4) is 0 Å². The van der Waals surface area contributed by atoms with Gasteiger partial charge >= 0.3 is 6.09 Å². The van der Waals surface area contributed by atoms with Crippen LogP contribution in [0.1, 0.15) is 54.4 Å². The topological polar surface area (TPSA) is 50.8 Å². The van der Waals surface area contributed by atoms with Crippen molar-refractivity contribution in [2.75, 3.05) is 26.3 Å². The lowest BCUT2D eigenvalue weighted by atomic mass is 10.0. The van der Waals surface area contributed by atoms with Crippen LogP contribution >= 0.6 is 0 Å². The summed E-state index contributed by atoms with van der Waals surface area (Å²) >= 11 is 0.